The zero-order chi connectivity index (χ0) is 21.1. The van der Waals surface area contributed by atoms with Gasteiger partial charge in [-0.25, -0.2) is 4.98 Å². The van der Waals surface area contributed by atoms with Crippen LogP contribution in [0.2, 0.25) is 0 Å². The van der Waals surface area contributed by atoms with E-state index in [9.17, 15) is 4.79 Å². The topological polar surface area (TPSA) is 91.8 Å². The third-order valence-electron chi connectivity index (χ3n) is 5.60. The van der Waals surface area contributed by atoms with Crippen molar-refractivity contribution in [1.29, 1.82) is 0 Å². The number of nitrogens with zero attached hydrogens (tertiary/aromatic N) is 2. The number of carbonyl (C=O) groups excluding carboxylic acids is 1. The molecule has 7 nitrogen and oxygen atoms in total. The molecule has 0 radical (unpaired) electrons. The zero-order valence-electron chi connectivity index (χ0n) is 16.6. The third-order valence-corrected chi connectivity index (χ3v) is 6.49. The first-order valence-corrected chi connectivity index (χ1v) is 10.7. The molecule has 2 aliphatic rings. The van der Waals surface area contributed by atoms with Crippen LogP contribution in [0.1, 0.15) is 36.3 Å². The number of aromatic nitrogens is 1. The van der Waals surface area contributed by atoms with Crippen LogP contribution in [-0.4, -0.2) is 42.7 Å². The Labute approximate surface area is 178 Å². The number of amides is 1. The lowest BCUT2D eigenvalue weighted by Crippen LogP contribution is -2.25. The fourth-order valence-corrected chi connectivity index (χ4v) is 5.17. The van der Waals surface area contributed by atoms with Crippen LogP contribution in [0.4, 0.5) is 11.4 Å². The fourth-order valence-electron chi connectivity index (χ4n) is 4.31. The molecule has 8 heteroatoms. The van der Waals surface area contributed by atoms with E-state index in [1.54, 1.807) is 18.4 Å². The van der Waals surface area contributed by atoms with E-state index in [4.69, 9.17) is 14.6 Å². The minimum atomic E-state index is -0.250. The lowest BCUT2D eigenvalue weighted by Gasteiger charge is -2.30. The van der Waals surface area contributed by atoms with Crippen molar-refractivity contribution >= 4 is 45.3 Å². The van der Waals surface area contributed by atoms with Gasteiger partial charge in [-0.1, -0.05) is 12.1 Å². The van der Waals surface area contributed by atoms with Gasteiger partial charge in [0.25, 0.3) is 6.47 Å². The first-order chi connectivity index (χ1) is 14.7. The van der Waals surface area contributed by atoms with Crippen molar-refractivity contribution in [2.24, 2.45) is 0 Å². The Morgan fingerprint density at radius 2 is 2.03 bits per heavy atom. The molecule has 30 heavy (non-hydrogen) atoms. The summed E-state index contributed by atoms with van der Waals surface area (Å²) < 4.78 is 6.83. The maximum atomic E-state index is 12.5. The highest BCUT2D eigenvalue weighted by Gasteiger charge is 2.30. The second-order valence-corrected chi connectivity index (χ2v) is 8.12. The molecule has 0 saturated carbocycles. The maximum Gasteiger partial charge on any atom is 0.290 e. The molecule has 3 aromatic rings. The van der Waals surface area contributed by atoms with Gasteiger partial charge in [-0.05, 0) is 36.1 Å². The summed E-state index contributed by atoms with van der Waals surface area (Å²) in [5, 5.41) is 9.93. The van der Waals surface area contributed by atoms with Gasteiger partial charge in [-0.3, -0.25) is 9.59 Å². The summed E-state index contributed by atoms with van der Waals surface area (Å²) in [5.74, 6) is 0.905. The van der Waals surface area contributed by atoms with Crippen LogP contribution >= 0.6 is 11.3 Å². The predicted molar refractivity (Wildman–Crippen MR) is 118 cm³/mol. The van der Waals surface area contributed by atoms with E-state index in [1.807, 2.05) is 23.7 Å². The van der Waals surface area contributed by atoms with Crippen LogP contribution in [0.3, 0.4) is 0 Å². The van der Waals surface area contributed by atoms with E-state index >= 15 is 0 Å². The summed E-state index contributed by atoms with van der Waals surface area (Å²) in [5.41, 5.74) is 7.21. The van der Waals surface area contributed by atoms with Crippen molar-refractivity contribution in [1.82, 2.24) is 4.98 Å². The number of carbonyl (C=O) groups is 2. The van der Waals surface area contributed by atoms with Crippen LogP contribution in [0.25, 0.3) is 10.2 Å². The smallest absolute Gasteiger partial charge is 0.290 e. The molecule has 156 valence electrons. The maximum absolute atomic E-state index is 12.5. The van der Waals surface area contributed by atoms with Gasteiger partial charge in [0.2, 0.25) is 5.91 Å². The van der Waals surface area contributed by atoms with Gasteiger partial charge in [0.1, 0.15) is 5.75 Å². The molecule has 3 heterocycles. The molecular weight excluding hydrogens is 402 g/mol. The van der Waals surface area contributed by atoms with Crippen LogP contribution in [0.5, 0.6) is 5.75 Å². The number of fused-ring (bicyclic) bond motifs is 2. The largest absolute Gasteiger partial charge is 0.495 e. The number of rotatable bonds is 3. The van der Waals surface area contributed by atoms with Crippen molar-refractivity contribution in [3.8, 4) is 5.75 Å². The summed E-state index contributed by atoms with van der Waals surface area (Å²) in [7, 11) is 1.70. The van der Waals surface area contributed by atoms with Crippen molar-refractivity contribution in [2.45, 2.75) is 25.2 Å². The molecule has 1 aromatic heterocycles. The number of hydrogen-bond donors (Lipinski definition) is 2. The number of benzene rings is 2. The van der Waals surface area contributed by atoms with Gasteiger partial charge >= 0.3 is 0 Å². The Bertz CT molecular complexity index is 1080. The minimum absolute atomic E-state index is 0.0326. The van der Waals surface area contributed by atoms with Gasteiger partial charge in [0, 0.05) is 37.2 Å². The van der Waals surface area contributed by atoms with E-state index in [2.05, 4.69) is 27.3 Å². The number of nitrogens with one attached hydrogen (secondary N) is 1. The Kier molecular flexibility index (Phi) is 5.85. The van der Waals surface area contributed by atoms with Crippen LogP contribution in [-0.2, 0) is 9.59 Å². The molecule has 2 aliphatic heterocycles. The molecule has 2 aromatic carbocycles. The summed E-state index contributed by atoms with van der Waals surface area (Å²) in [4.78, 5) is 27.6. The number of ether oxygens (including phenoxy) is 1. The molecule has 1 fully saturated rings. The number of carboxylic acid groups (broad SMARTS) is 1. The van der Waals surface area contributed by atoms with E-state index in [0.29, 0.717) is 6.42 Å². The van der Waals surface area contributed by atoms with Gasteiger partial charge in [-0.15, -0.1) is 11.3 Å². The van der Waals surface area contributed by atoms with Crippen molar-refractivity contribution in [3.05, 3.63) is 47.0 Å². The van der Waals surface area contributed by atoms with Gasteiger partial charge < -0.3 is 20.1 Å². The monoisotopic (exact) mass is 425 g/mol. The standard InChI is InChI=1S/C21H21N3O2S.CH2O2/c1-26-19-11-17-15(9-18(19)24-7-2-3-8-24)14(10-20(25)23-17)13-5-4-6-16-21(13)27-12-22-16;2-1-3/h4-6,9,11-12,14H,2-3,7-8,10H2,1H3,(H,23,25);1H,(H,2,3). The highest BCUT2D eigenvalue weighted by atomic mass is 32.1. The Morgan fingerprint density at radius 3 is 2.77 bits per heavy atom. The summed E-state index contributed by atoms with van der Waals surface area (Å²) in [6.07, 6.45) is 2.87. The van der Waals surface area contributed by atoms with Crippen LogP contribution < -0.4 is 15.0 Å². The normalized spacial score (nSPS) is 17.7. The molecule has 2 N–H and O–H groups in total. The molecule has 1 amide bonds. The highest BCUT2D eigenvalue weighted by Crippen LogP contribution is 2.45. The quantitative estimate of drug-likeness (QED) is 0.615. The zero-order valence-corrected chi connectivity index (χ0v) is 17.4. The molecule has 1 saturated heterocycles. The molecule has 0 aliphatic carbocycles. The van der Waals surface area contributed by atoms with Crippen molar-refractivity contribution in [2.75, 3.05) is 30.4 Å². The highest BCUT2D eigenvalue weighted by molar-refractivity contribution is 7.17. The van der Waals surface area contributed by atoms with Gasteiger partial charge in [0.05, 0.1) is 28.5 Å². The molecule has 1 unspecified atom stereocenters. The first-order valence-electron chi connectivity index (χ1n) is 9.83. The molecule has 5 rings (SSSR count). The second-order valence-electron chi connectivity index (χ2n) is 7.26. The fraction of sp³-hybridized carbons (Fsp3) is 0.318. The summed E-state index contributed by atoms with van der Waals surface area (Å²) >= 11 is 1.64. The Hall–Kier alpha value is -3.13. The summed E-state index contributed by atoms with van der Waals surface area (Å²) in [6, 6.07) is 10.4. The lowest BCUT2D eigenvalue weighted by atomic mass is 9.84. The SMILES string of the molecule is COc1cc2c(cc1N1CCCC1)C(c1cccc3ncsc13)CC(=O)N2.O=CO. The van der Waals surface area contributed by atoms with Gasteiger partial charge in [-0.2, -0.15) is 0 Å². The number of anilines is 2. The van der Waals surface area contributed by atoms with E-state index < -0.39 is 0 Å². The average molecular weight is 426 g/mol. The predicted octanol–water partition coefficient (Wildman–Crippen LogP) is 4.08. The number of thiazole rings is 1. The summed E-state index contributed by atoms with van der Waals surface area (Å²) in [6.45, 7) is 1.85. The van der Waals surface area contributed by atoms with E-state index in [1.165, 1.54) is 28.7 Å². The van der Waals surface area contributed by atoms with Gasteiger partial charge in [0.15, 0.2) is 0 Å². The van der Waals surface area contributed by atoms with Crippen LogP contribution in [0, 0.1) is 0 Å². The Morgan fingerprint density at radius 1 is 1.27 bits per heavy atom. The van der Waals surface area contributed by atoms with Crippen molar-refractivity contribution in [3.63, 3.8) is 0 Å². The molecule has 0 spiro atoms. The first kappa shape index (κ1) is 20.2. The Balaban J connectivity index is 0.000000687. The lowest BCUT2D eigenvalue weighted by molar-refractivity contribution is -0.123. The minimum Gasteiger partial charge on any atom is -0.495 e. The van der Waals surface area contributed by atoms with E-state index in [0.717, 1.165) is 35.7 Å². The third kappa shape index (κ3) is 3.70. The van der Waals surface area contributed by atoms with E-state index in [-0.39, 0.29) is 18.3 Å². The van der Waals surface area contributed by atoms with Crippen molar-refractivity contribution < 1.29 is 19.4 Å². The molecule has 0 bridgehead atoms. The molecule has 1 atom stereocenters. The molecular formula is C22H23N3O4S. The van der Waals surface area contributed by atoms with Crippen LogP contribution in [0.15, 0.2) is 35.8 Å². The second kappa shape index (κ2) is 8.71. The average Bonchev–Trinajstić information content (AvgIpc) is 3.44. The number of methoxy groups -OCH3 is 1. The number of hydrogen-bond acceptors (Lipinski definition) is 6.